The van der Waals surface area contributed by atoms with Crippen molar-refractivity contribution < 1.29 is 8.78 Å². The van der Waals surface area contributed by atoms with Crippen molar-refractivity contribution in [2.75, 3.05) is 5.32 Å². The fraction of sp³-hybridized carbons (Fsp3) is 0.0714. The molecule has 1 heterocycles. The third kappa shape index (κ3) is 2.27. The predicted octanol–water partition coefficient (Wildman–Crippen LogP) is 3.45. The van der Waals surface area contributed by atoms with Crippen LogP contribution in [-0.2, 0) is 6.54 Å². The van der Waals surface area contributed by atoms with Crippen molar-refractivity contribution in [3.63, 3.8) is 0 Å². The second kappa shape index (κ2) is 4.68. The van der Waals surface area contributed by atoms with E-state index in [-0.39, 0.29) is 12.1 Å². The number of nitrogens with zero attached hydrogens (tertiary/aromatic N) is 1. The van der Waals surface area contributed by atoms with Crippen LogP contribution >= 0.6 is 0 Å². The lowest BCUT2D eigenvalue weighted by Gasteiger charge is -2.08. The summed E-state index contributed by atoms with van der Waals surface area (Å²) in [6.45, 7) is 0.0991. The van der Waals surface area contributed by atoms with Gasteiger partial charge in [0.15, 0.2) is 0 Å². The first kappa shape index (κ1) is 11.6. The Balaban J connectivity index is 1.82. The molecule has 5 heteroatoms. The Morgan fingerprint density at radius 2 is 1.89 bits per heavy atom. The van der Waals surface area contributed by atoms with E-state index in [0.29, 0.717) is 0 Å². The molecule has 0 aliphatic heterocycles. The predicted molar refractivity (Wildman–Crippen MR) is 69.8 cm³/mol. The summed E-state index contributed by atoms with van der Waals surface area (Å²) in [5, 5.41) is 10.7. The van der Waals surface area contributed by atoms with Gasteiger partial charge >= 0.3 is 0 Å². The number of halogens is 2. The van der Waals surface area contributed by atoms with Crippen LogP contribution in [0.1, 0.15) is 5.56 Å². The van der Waals surface area contributed by atoms with Gasteiger partial charge in [-0.1, -0.05) is 6.07 Å². The second-order valence-electron chi connectivity index (χ2n) is 4.23. The zero-order valence-corrected chi connectivity index (χ0v) is 9.95. The normalized spacial score (nSPS) is 10.8. The summed E-state index contributed by atoms with van der Waals surface area (Å²) in [4.78, 5) is 0. The molecule has 2 N–H and O–H groups in total. The van der Waals surface area contributed by atoms with Crippen LogP contribution in [0.25, 0.3) is 10.9 Å². The van der Waals surface area contributed by atoms with Crippen LogP contribution in [0.3, 0.4) is 0 Å². The smallest absolute Gasteiger partial charge is 0.131 e. The summed E-state index contributed by atoms with van der Waals surface area (Å²) in [6.07, 6.45) is 1.70. The maximum absolute atomic E-state index is 13.5. The number of anilines is 1. The fourth-order valence-electron chi connectivity index (χ4n) is 1.94. The van der Waals surface area contributed by atoms with Gasteiger partial charge in [0.2, 0.25) is 0 Å². The van der Waals surface area contributed by atoms with Crippen LogP contribution in [0.4, 0.5) is 14.5 Å². The second-order valence-corrected chi connectivity index (χ2v) is 4.23. The van der Waals surface area contributed by atoms with E-state index in [1.807, 2.05) is 18.2 Å². The number of aromatic amines is 1. The van der Waals surface area contributed by atoms with Crippen LogP contribution in [0.5, 0.6) is 0 Å². The minimum Gasteiger partial charge on any atom is -0.381 e. The number of aromatic nitrogens is 2. The van der Waals surface area contributed by atoms with Crippen LogP contribution in [0.2, 0.25) is 0 Å². The number of nitrogens with one attached hydrogen (secondary N) is 2. The SMILES string of the molecule is Fc1cccc(F)c1CNc1ccc2[nH]ncc2c1. The standard InChI is InChI=1S/C14H11F2N3/c15-12-2-1-3-13(16)11(12)8-17-10-4-5-14-9(6-10)7-18-19-14/h1-7,17H,8H2,(H,18,19). The van der Waals surface area contributed by atoms with E-state index >= 15 is 0 Å². The maximum atomic E-state index is 13.5. The molecule has 3 rings (SSSR count). The Labute approximate surface area is 108 Å². The molecule has 0 atom stereocenters. The van der Waals surface area contributed by atoms with E-state index in [9.17, 15) is 8.78 Å². The average molecular weight is 259 g/mol. The molecular weight excluding hydrogens is 248 g/mol. The van der Waals surface area contributed by atoms with Crippen LogP contribution in [0.15, 0.2) is 42.6 Å². The molecule has 2 aromatic carbocycles. The molecule has 0 saturated heterocycles. The van der Waals surface area contributed by atoms with E-state index in [2.05, 4.69) is 15.5 Å². The molecule has 3 aromatic rings. The molecule has 0 unspecified atom stereocenters. The van der Waals surface area contributed by atoms with Crippen molar-refractivity contribution in [3.05, 3.63) is 59.8 Å². The Hall–Kier alpha value is -2.43. The summed E-state index contributed by atoms with van der Waals surface area (Å²) >= 11 is 0. The highest BCUT2D eigenvalue weighted by molar-refractivity contribution is 5.81. The van der Waals surface area contributed by atoms with Crippen molar-refractivity contribution >= 4 is 16.6 Å². The lowest BCUT2D eigenvalue weighted by atomic mass is 10.2. The fourth-order valence-corrected chi connectivity index (χ4v) is 1.94. The summed E-state index contributed by atoms with van der Waals surface area (Å²) in [6, 6.07) is 9.42. The van der Waals surface area contributed by atoms with Crippen molar-refractivity contribution in [1.29, 1.82) is 0 Å². The number of hydrogen-bond acceptors (Lipinski definition) is 2. The third-order valence-corrected chi connectivity index (χ3v) is 2.97. The highest BCUT2D eigenvalue weighted by atomic mass is 19.1. The first-order valence-corrected chi connectivity index (χ1v) is 5.84. The van der Waals surface area contributed by atoms with E-state index in [1.54, 1.807) is 6.20 Å². The van der Waals surface area contributed by atoms with Crippen LogP contribution < -0.4 is 5.32 Å². The van der Waals surface area contributed by atoms with Crippen molar-refractivity contribution in [2.45, 2.75) is 6.54 Å². The molecule has 0 bridgehead atoms. The topological polar surface area (TPSA) is 40.7 Å². The molecule has 19 heavy (non-hydrogen) atoms. The third-order valence-electron chi connectivity index (χ3n) is 2.97. The largest absolute Gasteiger partial charge is 0.381 e. The molecule has 1 aromatic heterocycles. The van der Waals surface area contributed by atoms with Gasteiger partial charge in [-0.2, -0.15) is 5.10 Å². The van der Waals surface area contributed by atoms with Gasteiger partial charge in [0.1, 0.15) is 11.6 Å². The van der Waals surface area contributed by atoms with E-state index in [4.69, 9.17) is 0 Å². The van der Waals surface area contributed by atoms with Crippen molar-refractivity contribution in [3.8, 4) is 0 Å². The Morgan fingerprint density at radius 3 is 2.68 bits per heavy atom. The van der Waals surface area contributed by atoms with Gasteiger partial charge in [0, 0.05) is 23.2 Å². The molecule has 0 amide bonds. The summed E-state index contributed by atoms with van der Waals surface area (Å²) in [5.74, 6) is -1.09. The first-order chi connectivity index (χ1) is 9.24. The Bertz CT molecular complexity index is 701. The zero-order chi connectivity index (χ0) is 13.2. The van der Waals surface area contributed by atoms with Gasteiger partial charge in [0.25, 0.3) is 0 Å². The maximum Gasteiger partial charge on any atom is 0.131 e. The van der Waals surface area contributed by atoms with E-state index in [1.165, 1.54) is 18.2 Å². The minimum atomic E-state index is -0.545. The monoisotopic (exact) mass is 259 g/mol. The molecule has 0 saturated carbocycles. The van der Waals surface area contributed by atoms with Crippen molar-refractivity contribution in [2.24, 2.45) is 0 Å². The molecule has 0 aliphatic carbocycles. The molecule has 96 valence electrons. The van der Waals surface area contributed by atoms with E-state index in [0.717, 1.165) is 16.6 Å². The number of benzene rings is 2. The zero-order valence-electron chi connectivity index (χ0n) is 9.95. The van der Waals surface area contributed by atoms with Crippen LogP contribution in [-0.4, -0.2) is 10.2 Å². The van der Waals surface area contributed by atoms with Gasteiger partial charge < -0.3 is 5.32 Å². The highest BCUT2D eigenvalue weighted by Gasteiger charge is 2.07. The first-order valence-electron chi connectivity index (χ1n) is 5.84. The molecule has 3 nitrogen and oxygen atoms in total. The van der Waals surface area contributed by atoms with Gasteiger partial charge in [-0.05, 0) is 30.3 Å². The Morgan fingerprint density at radius 1 is 1.11 bits per heavy atom. The van der Waals surface area contributed by atoms with Gasteiger partial charge in [-0.25, -0.2) is 8.78 Å². The van der Waals surface area contributed by atoms with Gasteiger partial charge in [0.05, 0.1) is 11.7 Å². The lowest BCUT2D eigenvalue weighted by Crippen LogP contribution is -2.04. The lowest BCUT2D eigenvalue weighted by molar-refractivity contribution is 0.560. The number of rotatable bonds is 3. The quantitative estimate of drug-likeness (QED) is 0.756. The molecule has 0 fully saturated rings. The molecular formula is C14H11F2N3. The van der Waals surface area contributed by atoms with Crippen LogP contribution in [0, 0.1) is 11.6 Å². The summed E-state index contributed by atoms with van der Waals surface area (Å²) in [5.41, 5.74) is 1.74. The van der Waals surface area contributed by atoms with E-state index < -0.39 is 11.6 Å². The Kier molecular flexibility index (Phi) is 2.87. The highest BCUT2D eigenvalue weighted by Crippen LogP contribution is 2.19. The van der Waals surface area contributed by atoms with Gasteiger partial charge in [-0.15, -0.1) is 0 Å². The summed E-state index contributed by atoms with van der Waals surface area (Å²) < 4.78 is 26.9. The molecule has 0 spiro atoms. The molecule has 0 aliphatic rings. The average Bonchev–Trinajstić information content (AvgIpc) is 2.85. The summed E-state index contributed by atoms with van der Waals surface area (Å²) in [7, 11) is 0. The van der Waals surface area contributed by atoms with Gasteiger partial charge in [-0.3, -0.25) is 5.10 Å². The number of hydrogen-bond donors (Lipinski definition) is 2. The molecule has 0 radical (unpaired) electrons. The number of fused-ring (bicyclic) bond motifs is 1. The minimum absolute atomic E-state index is 0.0368. The number of H-pyrrole nitrogens is 1. The van der Waals surface area contributed by atoms with Crippen molar-refractivity contribution in [1.82, 2.24) is 10.2 Å².